The van der Waals surface area contributed by atoms with Crippen molar-refractivity contribution in [2.75, 3.05) is 12.9 Å². The van der Waals surface area contributed by atoms with Gasteiger partial charge in [-0.2, -0.15) is 11.8 Å². The third kappa shape index (κ3) is 4.13. The molecule has 1 rings (SSSR count). The molecule has 0 amide bonds. The van der Waals surface area contributed by atoms with E-state index in [0.29, 0.717) is 5.02 Å². The summed E-state index contributed by atoms with van der Waals surface area (Å²) in [5, 5.41) is 9.44. The molecule has 2 N–H and O–H groups in total. The molecule has 4 nitrogen and oxygen atoms in total. The largest absolute Gasteiger partial charge is 0.395 e. The number of aliphatic hydroxyl groups excluding tert-OH is 1. The minimum Gasteiger partial charge on any atom is -0.395 e. The van der Waals surface area contributed by atoms with E-state index in [4.69, 9.17) is 16.7 Å². The van der Waals surface area contributed by atoms with Gasteiger partial charge in [0.25, 0.3) is 0 Å². The van der Waals surface area contributed by atoms with Crippen LogP contribution in [0.15, 0.2) is 29.2 Å². The van der Waals surface area contributed by atoms with Gasteiger partial charge in [0.2, 0.25) is 10.0 Å². The molecule has 0 aromatic heterocycles. The summed E-state index contributed by atoms with van der Waals surface area (Å²) in [6.07, 6.45) is 1.83. The van der Waals surface area contributed by atoms with Crippen molar-refractivity contribution in [3.63, 3.8) is 0 Å². The first-order chi connectivity index (χ1) is 8.40. The highest BCUT2D eigenvalue weighted by Crippen LogP contribution is 2.16. The number of aliphatic hydroxyl groups is 1. The van der Waals surface area contributed by atoms with E-state index in [1.54, 1.807) is 6.92 Å². The Morgan fingerprint density at radius 1 is 1.39 bits per heavy atom. The summed E-state index contributed by atoms with van der Waals surface area (Å²) >= 11 is 7.13. The van der Waals surface area contributed by atoms with Crippen LogP contribution in [0.2, 0.25) is 5.02 Å². The Balaban J connectivity index is 2.85. The second kappa shape index (κ2) is 6.77. The van der Waals surface area contributed by atoms with E-state index < -0.39 is 10.0 Å². The van der Waals surface area contributed by atoms with E-state index in [-0.39, 0.29) is 22.8 Å². The normalized spacial score (nSPS) is 15.3. The number of hydrogen-bond acceptors (Lipinski definition) is 4. The molecule has 1 aromatic rings. The summed E-state index contributed by atoms with van der Waals surface area (Å²) in [4.78, 5) is 0.163. The van der Waals surface area contributed by atoms with Crippen LogP contribution in [0.3, 0.4) is 0 Å². The predicted molar refractivity (Wildman–Crippen MR) is 75.6 cm³/mol. The van der Waals surface area contributed by atoms with Gasteiger partial charge in [0.05, 0.1) is 11.5 Å². The average molecular weight is 310 g/mol. The lowest BCUT2D eigenvalue weighted by Crippen LogP contribution is -2.41. The van der Waals surface area contributed by atoms with Crippen molar-refractivity contribution >= 4 is 33.4 Å². The summed E-state index contributed by atoms with van der Waals surface area (Å²) in [5.41, 5.74) is 0. The minimum absolute atomic E-state index is 0.0779. The Morgan fingerprint density at radius 3 is 2.39 bits per heavy atom. The SMILES string of the molecule is CS[C@@H](CO)[C@@H](C)NS(=O)(=O)c1ccc(Cl)cc1. The van der Waals surface area contributed by atoms with Crippen molar-refractivity contribution in [1.29, 1.82) is 0 Å². The number of hydrogen-bond donors (Lipinski definition) is 2. The minimum atomic E-state index is -3.57. The van der Waals surface area contributed by atoms with E-state index in [9.17, 15) is 8.42 Å². The smallest absolute Gasteiger partial charge is 0.240 e. The Bertz CT molecular complexity index is 472. The Hall–Kier alpha value is -0.270. The molecule has 102 valence electrons. The van der Waals surface area contributed by atoms with Gasteiger partial charge in [-0.25, -0.2) is 13.1 Å². The molecule has 0 radical (unpaired) electrons. The summed E-state index contributed by atoms with van der Waals surface area (Å²) in [6.45, 7) is 1.65. The van der Waals surface area contributed by atoms with Gasteiger partial charge >= 0.3 is 0 Å². The zero-order valence-electron chi connectivity index (χ0n) is 10.1. The van der Waals surface area contributed by atoms with Crippen molar-refractivity contribution < 1.29 is 13.5 Å². The van der Waals surface area contributed by atoms with Crippen LogP contribution in [0, 0.1) is 0 Å². The summed E-state index contributed by atoms with van der Waals surface area (Å²) in [7, 11) is -3.57. The van der Waals surface area contributed by atoms with Gasteiger partial charge in [-0.15, -0.1) is 0 Å². The fraction of sp³-hybridized carbons (Fsp3) is 0.455. The number of rotatable bonds is 6. The third-order valence-corrected chi connectivity index (χ3v) is 5.50. The van der Waals surface area contributed by atoms with Crippen molar-refractivity contribution in [2.45, 2.75) is 23.1 Å². The molecule has 7 heteroatoms. The molecule has 0 saturated heterocycles. The van der Waals surface area contributed by atoms with Crippen molar-refractivity contribution in [1.82, 2.24) is 4.72 Å². The molecule has 18 heavy (non-hydrogen) atoms. The second-order valence-corrected chi connectivity index (χ2v) is 7.05. The van der Waals surface area contributed by atoms with E-state index >= 15 is 0 Å². The maximum atomic E-state index is 12.0. The number of halogens is 1. The maximum Gasteiger partial charge on any atom is 0.240 e. The van der Waals surface area contributed by atoms with Crippen molar-refractivity contribution in [3.05, 3.63) is 29.3 Å². The average Bonchev–Trinajstić information content (AvgIpc) is 2.30. The third-order valence-electron chi connectivity index (χ3n) is 2.51. The van der Waals surface area contributed by atoms with E-state index in [2.05, 4.69) is 4.72 Å². The Morgan fingerprint density at radius 2 is 1.94 bits per heavy atom. The van der Waals surface area contributed by atoms with Gasteiger partial charge in [-0.1, -0.05) is 11.6 Å². The summed E-state index contributed by atoms with van der Waals surface area (Å²) in [6, 6.07) is 5.60. The van der Waals surface area contributed by atoms with Crippen LogP contribution in [0.1, 0.15) is 6.92 Å². The van der Waals surface area contributed by atoms with Crippen molar-refractivity contribution in [3.8, 4) is 0 Å². The summed E-state index contributed by atoms with van der Waals surface area (Å²) < 4.78 is 26.6. The van der Waals surface area contributed by atoms with Crippen molar-refractivity contribution in [2.24, 2.45) is 0 Å². The molecule has 0 saturated carbocycles. The Kier molecular flexibility index (Phi) is 5.94. The topological polar surface area (TPSA) is 66.4 Å². The molecule has 0 aliphatic carbocycles. The van der Waals surface area contributed by atoms with Crippen LogP contribution in [0.4, 0.5) is 0 Å². The lowest BCUT2D eigenvalue weighted by Gasteiger charge is -2.21. The standard InChI is InChI=1S/C11H16ClNO3S2/c1-8(11(7-14)17-2)13-18(15,16)10-5-3-9(12)4-6-10/h3-6,8,11,13-14H,7H2,1-2H3/t8-,11+/m1/s1. The molecule has 0 fully saturated rings. The molecule has 0 unspecified atom stereocenters. The number of benzene rings is 1. The molecule has 0 bridgehead atoms. The van der Waals surface area contributed by atoms with Crippen LogP contribution in [-0.4, -0.2) is 37.7 Å². The molecule has 0 aliphatic heterocycles. The molecule has 1 aromatic carbocycles. The van der Waals surface area contributed by atoms with Crippen LogP contribution >= 0.6 is 23.4 Å². The Labute approximate surface area is 117 Å². The fourth-order valence-corrected chi connectivity index (χ4v) is 3.56. The molecular weight excluding hydrogens is 294 g/mol. The highest BCUT2D eigenvalue weighted by atomic mass is 35.5. The van der Waals surface area contributed by atoms with Gasteiger partial charge in [0.15, 0.2) is 0 Å². The summed E-state index contributed by atoms with van der Waals surface area (Å²) in [5.74, 6) is 0. The molecular formula is C11H16ClNO3S2. The zero-order chi connectivity index (χ0) is 13.8. The van der Waals surface area contributed by atoms with Gasteiger partial charge in [-0.05, 0) is 37.4 Å². The van der Waals surface area contributed by atoms with Crippen LogP contribution in [0.5, 0.6) is 0 Å². The maximum absolute atomic E-state index is 12.0. The highest BCUT2D eigenvalue weighted by Gasteiger charge is 2.22. The second-order valence-electron chi connectivity index (χ2n) is 3.82. The van der Waals surface area contributed by atoms with Crippen LogP contribution in [0.25, 0.3) is 0 Å². The van der Waals surface area contributed by atoms with Gasteiger partial charge in [0, 0.05) is 16.3 Å². The first-order valence-electron chi connectivity index (χ1n) is 5.32. The van der Waals surface area contributed by atoms with E-state index in [1.165, 1.54) is 36.0 Å². The lowest BCUT2D eigenvalue weighted by molar-refractivity contribution is 0.282. The first kappa shape index (κ1) is 15.8. The molecule has 0 spiro atoms. The van der Waals surface area contributed by atoms with E-state index in [1.807, 2.05) is 6.26 Å². The molecule has 0 heterocycles. The zero-order valence-corrected chi connectivity index (χ0v) is 12.5. The van der Waals surface area contributed by atoms with Gasteiger partial charge in [0.1, 0.15) is 0 Å². The molecule has 0 aliphatic rings. The molecule has 2 atom stereocenters. The van der Waals surface area contributed by atoms with Crippen LogP contribution in [-0.2, 0) is 10.0 Å². The van der Waals surface area contributed by atoms with Gasteiger partial charge in [-0.3, -0.25) is 0 Å². The first-order valence-corrected chi connectivity index (χ1v) is 8.47. The number of thioether (sulfide) groups is 1. The fourth-order valence-electron chi connectivity index (χ4n) is 1.44. The lowest BCUT2D eigenvalue weighted by atomic mass is 10.3. The van der Waals surface area contributed by atoms with E-state index in [0.717, 1.165) is 0 Å². The number of sulfonamides is 1. The highest BCUT2D eigenvalue weighted by molar-refractivity contribution is 7.99. The number of nitrogens with one attached hydrogen (secondary N) is 1. The van der Waals surface area contributed by atoms with Crippen LogP contribution < -0.4 is 4.72 Å². The monoisotopic (exact) mass is 309 g/mol. The van der Waals surface area contributed by atoms with Gasteiger partial charge < -0.3 is 5.11 Å². The predicted octanol–water partition coefficient (Wildman–Crippen LogP) is 1.73. The quantitative estimate of drug-likeness (QED) is 0.840.